The molecule has 154 valence electrons. The van der Waals surface area contributed by atoms with Crippen LogP contribution in [-0.2, 0) is 15.6 Å². The first-order valence-electron chi connectivity index (χ1n) is 10.7. The molecule has 0 aromatic heterocycles. The molecule has 1 aliphatic rings. The first-order chi connectivity index (χ1) is 13.5. The molecule has 0 bridgehead atoms. The molecule has 3 rings (SSSR count). The number of benzene rings is 2. The van der Waals surface area contributed by atoms with E-state index < -0.39 is 0 Å². The number of fused-ring (bicyclic) bond motifs is 1. The van der Waals surface area contributed by atoms with E-state index in [-0.39, 0.29) is 16.8 Å². The molecular weight excluding hydrogens is 356 g/mol. The van der Waals surface area contributed by atoms with Gasteiger partial charge in [-0.1, -0.05) is 64.1 Å². The van der Waals surface area contributed by atoms with Crippen molar-refractivity contribution in [2.24, 2.45) is 0 Å². The highest BCUT2D eigenvalue weighted by Crippen LogP contribution is 2.46. The van der Waals surface area contributed by atoms with Crippen molar-refractivity contribution in [1.29, 1.82) is 0 Å². The molecule has 2 nitrogen and oxygen atoms in total. The van der Waals surface area contributed by atoms with Gasteiger partial charge in [0.1, 0.15) is 0 Å². The van der Waals surface area contributed by atoms with E-state index in [1.54, 1.807) is 0 Å². The van der Waals surface area contributed by atoms with Gasteiger partial charge in [-0.3, -0.25) is 0 Å². The van der Waals surface area contributed by atoms with E-state index in [1.807, 2.05) is 26.0 Å². The monoisotopic (exact) mass is 390 g/mol. The molecule has 0 atom stereocenters. The third-order valence-electron chi connectivity index (χ3n) is 6.44. The molecule has 29 heavy (non-hydrogen) atoms. The number of carbonyl (C=O) groups excluding carboxylic acids is 1. The highest BCUT2D eigenvalue weighted by molar-refractivity contribution is 5.92. The van der Waals surface area contributed by atoms with Crippen LogP contribution in [0.1, 0.15) is 92.6 Å². The lowest BCUT2D eigenvalue weighted by Crippen LogP contribution is -2.33. The largest absolute Gasteiger partial charge is 0.462 e. The third kappa shape index (κ3) is 4.32. The SMILES string of the molecule is CCOC(=O)c1ccc(/C=C(\C)c2ccc3c(c2)C(C)(C)CCC3(C)C)cc1C. The van der Waals surface area contributed by atoms with Crippen LogP contribution >= 0.6 is 0 Å². The molecule has 2 aromatic rings. The summed E-state index contributed by atoms with van der Waals surface area (Å²) < 4.78 is 5.13. The van der Waals surface area contributed by atoms with Crippen molar-refractivity contribution in [1.82, 2.24) is 0 Å². The van der Waals surface area contributed by atoms with Gasteiger partial charge in [-0.05, 0) is 83.9 Å². The van der Waals surface area contributed by atoms with Gasteiger partial charge >= 0.3 is 5.97 Å². The summed E-state index contributed by atoms with van der Waals surface area (Å²) in [6, 6.07) is 12.9. The second-order valence-corrected chi connectivity index (χ2v) is 9.65. The standard InChI is InChI=1S/C27H34O2/c1-8-29-25(28)22-11-9-20(16-19(22)3)15-18(2)21-10-12-23-24(17-21)27(6,7)14-13-26(23,4)5/h9-12,15-17H,8,13-14H2,1-7H3/b18-15+. The average Bonchev–Trinajstić information content (AvgIpc) is 2.65. The fourth-order valence-electron chi connectivity index (χ4n) is 4.38. The second-order valence-electron chi connectivity index (χ2n) is 9.65. The zero-order valence-electron chi connectivity index (χ0n) is 19.0. The molecule has 0 amide bonds. The lowest BCUT2D eigenvalue weighted by Gasteiger charge is -2.42. The normalized spacial score (nSPS) is 17.6. The number of hydrogen-bond acceptors (Lipinski definition) is 2. The number of hydrogen-bond donors (Lipinski definition) is 0. The highest BCUT2D eigenvalue weighted by Gasteiger charge is 2.36. The van der Waals surface area contributed by atoms with Gasteiger partial charge in [-0.25, -0.2) is 4.79 Å². The lowest BCUT2D eigenvalue weighted by atomic mass is 9.63. The fourth-order valence-corrected chi connectivity index (χ4v) is 4.38. The maximum Gasteiger partial charge on any atom is 0.338 e. The van der Waals surface area contributed by atoms with E-state index in [2.05, 4.69) is 65.0 Å². The third-order valence-corrected chi connectivity index (χ3v) is 6.44. The zero-order valence-corrected chi connectivity index (χ0v) is 19.0. The minimum Gasteiger partial charge on any atom is -0.462 e. The highest BCUT2D eigenvalue weighted by atomic mass is 16.5. The molecule has 1 aliphatic carbocycles. The quantitative estimate of drug-likeness (QED) is 0.412. The molecule has 0 radical (unpaired) electrons. The summed E-state index contributed by atoms with van der Waals surface area (Å²) in [5, 5.41) is 0. The van der Waals surface area contributed by atoms with Crippen LogP contribution < -0.4 is 0 Å². The molecule has 0 unspecified atom stereocenters. The van der Waals surface area contributed by atoms with Crippen LogP contribution in [0.5, 0.6) is 0 Å². The Morgan fingerprint density at radius 2 is 1.66 bits per heavy atom. The summed E-state index contributed by atoms with van der Waals surface area (Å²) in [6.07, 6.45) is 4.64. The lowest BCUT2D eigenvalue weighted by molar-refractivity contribution is 0.0525. The van der Waals surface area contributed by atoms with Crippen molar-refractivity contribution in [3.8, 4) is 0 Å². The van der Waals surface area contributed by atoms with Crippen molar-refractivity contribution >= 4 is 17.6 Å². The first kappa shape index (κ1) is 21.4. The smallest absolute Gasteiger partial charge is 0.338 e. The van der Waals surface area contributed by atoms with Crippen molar-refractivity contribution in [3.63, 3.8) is 0 Å². The Morgan fingerprint density at radius 1 is 1.00 bits per heavy atom. The number of allylic oxidation sites excluding steroid dienone is 1. The summed E-state index contributed by atoms with van der Waals surface area (Å²) in [4.78, 5) is 12.0. The van der Waals surface area contributed by atoms with Crippen molar-refractivity contribution < 1.29 is 9.53 Å². The van der Waals surface area contributed by atoms with Crippen LogP contribution in [-0.4, -0.2) is 12.6 Å². The number of carbonyl (C=O) groups is 1. The van der Waals surface area contributed by atoms with Crippen LogP contribution in [0.25, 0.3) is 11.6 Å². The molecule has 0 fully saturated rings. The Balaban J connectivity index is 1.95. The molecule has 0 N–H and O–H groups in total. The minimum atomic E-state index is -0.253. The van der Waals surface area contributed by atoms with Crippen molar-refractivity contribution in [2.75, 3.05) is 6.61 Å². The summed E-state index contributed by atoms with van der Waals surface area (Å²) in [5.41, 5.74) is 8.59. The molecule has 0 saturated heterocycles. The van der Waals surface area contributed by atoms with Gasteiger partial charge < -0.3 is 4.74 Å². The van der Waals surface area contributed by atoms with E-state index >= 15 is 0 Å². The van der Waals surface area contributed by atoms with Gasteiger partial charge in [0.25, 0.3) is 0 Å². The molecule has 2 heteroatoms. The topological polar surface area (TPSA) is 26.3 Å². The van der Waals surface area contributed by atoms with Crippen LogP contribution in [0.3, 0.4) is 0 Å². The summed E-state index contributed by atoms with van der Waals surface area (Å²) in [6.45, 7) is 15.8. The molecule has 0 aliphatic heterocycles. The van der Waals surface area contributed by atoms with E-state index in [9.17, 15) is 4.79 Å². The predicted octanol–water partition coefficient (Wildman–Crippen LogP) is 7.08. The molecule has 0 heterocycles. The summed E-state index contributed by atoms with van der Waals surface area (Å²) in [7, 11) is 0. The predicted molar refractivity (Wildman–Crippen MR) is 122 cm³/mol. The van der Waals surface area contributed by atoms with E-state index in [0.29, 0.717) is 12.2 Å². The van der Waals surface area contributed by atoms with Gasteiger partial charge in [0.2, 0.25) is 0 Å². The molecule has 2 aromatic carbocycles. The van der Waals surface area contributed by atoms with E-state index in [0.717, 1.165) is 11.1 Å². The van der Waals surface area contributed by atoms with Crippen LogP contribution in [0, 0.1) is 6.92 Å². The minimum absolute atomic E-state index is 0.207. The van der Waals surface area contributed by atoms with Gasteiger partial charge in [0, 0.05) is 0 Å². The number of aryl methyl sites for hydroxylation is 1. The van der Waals surface area contributed by atoms with Gasteiger partial charge in [0.05, 0.1) is 12.2 Å². The van der Waals surface area contributed by atoms with E-state index in [1.165, 1.54) is 35.1 Å². The first-order valence-corrected chi connectivity index (χ1v) is 10.7. The second kappa shape index (κ2) is 7.82. The van der Waals surface area contributed by atoms with Crippen molar-refractivity contribution in [2.45, 2.75) is 72.1 Å². The molecular formula is C27H34O2. The Morgan fingerprint density at radius 3 is 2.28 bits per heavy atom. The molecule has 0 saturated carbocycles. The molecule has 0 spiro atoms. The number of ether oxygens (including phenoxy) is 1. The zero-order chi connectivity index (χ0) is 21.4. The number of rotatable bonds is 4. The maximum atomic E-state index is 12.0. The van der Waals surface area contributed by atoms with Gasteiger partial charge in [-0.2, -0.15) is 0 Å². The maximum absolute atomic E-state index is 12.0. The number of esters is 1. The Kier molecular flexibility index (Phi) is 5.76. The Bertz CT molecular complexity index is 960. The Hall–Kier alpha value is -2.35. The van der Waals surface area contributed by atoms with Gasteiger partial charge in [-0.15, -0.1) is 0 Å². The van der Waals surface area contributed by atoms with Gasteiger partial charge in [0.15, 0.2) is 0 Å². The van der Waals surface area contributed by atoms with Crippen LogP contribution in [0.15, 0.2) is 36.4 Å². The average molecular weight is 391 g/mol. The fraction of sp³-hybridized carbons (Fsp3) is 0.444. The van der Waals surface area contributed by atoms with Crippen LogP contribution in [0.2, 0.25) is 0 Å². The van der Waals surface area contributed by atoms with Crippen molar-refractivity contribution in [3.05, 3.63) is 69.8 Å². The summed E-state index contributed by atoms with van der Waals surface area (Å²) >= 11 is 0. The van der Waals surface area contributed by atoms with Crippen LogP contribution in [0.4, 0.5) is 0 Å². The Labute approximate surface area is 176 Å². The van der Waals surface area contributed by atoms with E-state index in [4.69, 9.17) is 4.74 Å². The summed E-state index contributed by atoms with van der Waals surface area (Å²) in [5.74, 6) is -0.253.